The Labute approximate surface area is 99.9 Å². The van der Waals surface area contributed by atoms with Crippen LogP contribution in [0.4, 0.5) is 0 Å². The van der Waals surface area contributed by atoms with E-state index in [4.69, 9.17) is 11.6 Å². The van der Waals surface area contributed by atoms with Crippen molar-refractivity contribution >= 4 is 28.4 Å². The van der Waals surface area contributed by atoms with Crippen LogP contribution in [0.2, 0.25) is 0 Å². The normalized spacial score (nSPS) is 9.81. The molecule has 0 atom stereocenters. The molecule has 0 bridgehead atoms. The van der Waals surface area contributed by atoms with Crippen LogP contribution in [-0.2, 0) is 9.59 Å². The van der Waals surface area contributed by atoms with Crippen LogP contribution in [0.5, 0.6) is 0 Å². The van der Waals surface area contributed by atoms with Crippen LogP contribution in [0.15, 0.2) is 6.07 Å². The van der Waals surface area contributed by atoms with Crippen molar-refractivity contribution in [2.75, 3.05) is 0 Å². The van der Waals surface area contributed by atoms with E-state index in [0.717, 1.165) is 22.3 Å². The van der Waals surface area contributed by atoms with E-state index < -0.39 is 5.24 Å². The molecular formula is C13H13ClO2. The minimum Gasteiger partial charge on any atom is -0.275 e. The van der Waals surface area contributed by atoms with Crippen LogP contribution in [-0.4, -0.2) is 11.2 Å². The summed E-state index contributed by atoms with van der Waals surface area (Å²) in [4.78, 5) is 22.0. The van der Waals surface area contributed by atoms with Gasteiger partial charge < -0.3 is 0 Å². The van der Waals surface area contributed by atoms with Crippen molar-refractivity contribution in [2.24, 2.45) is 0 Å². The van der Waals surface area contributed by atoms with E-state index in [1.165, 1.54) is 0 Å². The van der Waals surface area contributed by atoms with E-state index >= 15 is 0 Å². The van der Waals surface area contributed by atoms with E-state index in [1.54, 1.807) is 5.94 Å². The number of allylic oxidation sites excluding steroid dienone is 1. The van der Waals surface area contributed by atoms with E-state index in [-0.39, 0.29) is 5.57 Å². The van der Waals surface area contributed by atoms with Gasteiger partial charge in [-0.3, -0.25) is 4.79 Å². The van der Waals surface area contributed by atoms with Crippen molar-refractivity contribution in [3.05, 3.63) is 33.9 Å². The molecule has 1 aromatic rings. The minimum absolute atomic E-state index is 0.0801. The van der Waals surface area contributed by atoms with Crippen LogP contribution in [0, 0.1) is 27.7 Å². The maximum absolute atomic E-state index is 11.2. The Bertz CT molecular complexity index is 483. The highest BCUT2D eigenvalue weighted by molar-refractivity contribution is 6.75. The maximum atomic E-state index is 11.2. The lowest BCUT2D eigenvalue weighted by atomic mass is 9.90. The molecule has 84 valence electrons. The second kappa shape index (κ2) is 4.65. The smallest absolute Gasteiger partial charge is 0.264 e. The van der Waals surface area contributed by atoms with Crippen molar-refractivity contribution in [1.82, 2.24) is 0 Å². The predicted octanol–water partition coefficient (Wildman–Crippen LogP) is 2.90. The summed E-state index contributed by atoms with van der Waals surface area (Å²) in [6.45, 7) is 7.61. The molecule has 0 unspecified atom stereocenters. The van der Waals surface area contributed by atoms with Crippen LogP contribution >= 0.6 is 11.6 Å². The number of hydrogen-bond donors (Lipinski definition) is 0. The summed E-state index contributed by atoms with van der Waals surface area (Å²) >= 11 is 5.39. The molecule has 0 amide bonds. The van der Waals surface area contributed by atoms with Gasteiger partial charge in [0.05, 0.1) is 0 Å². The number of halogens is 1. The third-order valence-corrected chi connectivity index (χ3v) is 3.10. The molecule has 2 nitrogen and oxygen atoms in total. The zero-order valence-corrected chi connectivity index (χ0v) is 10.5. The van der Waals surface area contributed by atoms with Gasteiger partial charge in [-0.1, -0.05) is 6.07 Å². The molecule has 1 aromatic carbocycles. The van der Waals surface area contributed by atoms with Crippen LogP contribution in [0.1, 0.15) is 27.8 Å². The van der Waals surface area contributed by atoms with Crippen LogP contribution in [0.25, 0.3) is 5.57 Å². The molecule has 0 aliphatic rings. The lowest BCUT2D eigenvalue weighted by Gasteiger charge is -2.13. The fourth-order valence-electron chi connectivity index (χ4n) is 1.78. The molecule has 0 N–H and O–H groups in total. The van der Waals surface area contributed by atoms with Crippen molar-refractivity contribution in [3.8, 4) is 0 Å². The van der Waals surface area contributed by atoms with E-state index in [9.17, 15) is 9.59 Å². The standard InChI is InChI=1S/C13H13ClO2/c1-7-5-8(2)10(4)12(9(7)3)11(6-15)13(14)16/h5H,1-4H3. The van der Waals surface area contributed by atoms with Crippen LogP contribution in [0.3, 0.4) is 0 Å². The van der Waals surface area contributed by atoms with Crippen LogP contribution < -0.4 is 0 Å². The fraction of sp³-hybridized carbons (Fsp3) is 0.308. The molecule has 3 heteroatoms. The number of carbonyl (C=O) groups excluding carboxylic acids is 2. The van der Waals surface area contributed by atoms with Gasteiger partial charge in [0.1, 0.15) is 11.5 Å². The zero-order chi connectivity index (χ0) is 12.5. The average molecular weight is 237 g/mol. The summed E-state index contributed by atoms with van der Waals surface area (Å²) in [6, 6.07) is 2.02. The maximum Gasteiger partial charge on any atom is 0.264 e. The molecule has 16 heavy (non-hydrogen) atoms. The van der Waals surface area contributed by atoms with Gasteiger partial charge in [-0.05, 0) is 61.5 Å². The number of rotatable bonds is 2. The van der Waals surface area contributed by atoms with Gasteiger partial charge in [0.25, 0.3) is 5.24 Å². The number of benzene rings is 1. The summed E-state index contributed by atoms with van der Waals surface area (Å²) in [6.07, 6.45) is 0. The van der Waals surface area contributed by atoms with Crippen molar-refractivity contribution in [2.45, 2.75) is 27.7 Å². The second-order valence-corrected chi connectivity index (χ2v) is 4.23. The topological polar surface area (TPSA) is 34.1 Å². The third-order valence-electron chi connectivity index (χ3n) is 2.91. The molecule has 0 saturated carbocycles. The Hall–Kier alpha value is -1.37. The first kappa shape index (κ1) is 12.7. The summed E-state index contributed by atoms with van der Waals surface area (Å²) in [5.74, 6) is 1.64. The van der Waals surface area contributed by atoms with Gasteiger partial charge in [0, 0.05) is 5.56 Å². The van der Waals surface area contributed by atoms with Gasteiger partial charge in [-0.25, -0.2) is 4.79 Å². The lowest BCUT2D eigenvalue weighted by molar-refractivity contribution is -0.106. The SMILES string of the molecule is Cc1cc(C)c(C)c(C(=C=O)C(=O)Cl)c1C. The van der Waals surface area contributed by atoms with Gasteiger partial charge in [-0.15, -0.1) is 0 Å². The molecular weight excluding hydrogens is 224 g/mol. The van der Waals surface area contributed by atoms with E-state index in [2.05, 4.69) is 0 Å². The first-order chi connectivity index (χ1) is 7.40. The van der Waals surface area contributed by atoms with E-state index in [1.807, 2.05) is 33.8 Å². The molecule has 0 saturated heterocycles. The Morgan fingerprint density at radius 2 is 1.56 bits per heavy atom. The van der Waals surface area contributed by atoms with Crippen molar-refractivity contribution < 1.29 is 9.59 Å². The van der Waals surface area contributed by atoms with Gasteiger partial charge in [0.2, 0.25) is 0 Å². The highest BCUT2D eigenvalue weighted by atomic mass is 35.5. The molecule has 0 aliphatic carbocycles. The highest BCUT2D eigenvalue weighted by Crippen LogP contribution is 2.27. The van der Waals surface area contributed by atoms with Crippen molar-refractivity contribution in [3.63, 3.8) is 0 Å². The summed E-state index contributed by atoms with van der Waals surface area (Å²) in [7, 11) is 0. The fourth-order valence-corrected chi connectivity index (χ4v) is 1.91. The Kier molecular flexibility index (Phi) is 3.69. The minimum atomic E-state index is -0.758. The largest absolute Gasteiger partial charge is 0.275 e. The van der Waals surface area contributed by atoms with Gasteiger partial charge in [0.15, 0.2) is 0 Å². The van der Waals surface area contributed by atoms with Crippen molar-refractivity contribution in [1.29, 1.82) is 0 Å². The zero-order valence-electron chi connectivity index (χ0n) is 9.77. The summed E-state index contributed by atoms with van der Waals surface area (Å²) < 4.78 is 0. The third kappa shape index (κ3) is 2.08. The first-order valence-corrected chi connectivity index (χ1v) is 5.30. The molecule has 1 rings (SSSR count). The Morgan fingerprint density at radius 3 is 1.88 bits per heavy atom. The van der Waals surface area contributed by atoms with Gasteiger partial charge in [-0.2, -0.15) is 0 Å². The first-order valence-electron chi connectivity index (χ1n) is 4.92. The van der Waals surface area contributed by atoms with E-state index in [0.29, 0.717) is 5.56 Å². The molecule has 0 radical (unpaired) electrons. The quantitative estimate of drug-likeness (QED) is 0.450. The molecule has 0 aromatic heterocycles. The Morgan fingerprint density at radius 1 is 1.12 bits per heavy atom. The molecule has 0 heterocycles. The molecule has 0 fully saturated rings. The highest BCUT2D eigenvalue weighted by Gasteiger charge is 2.18. The number of carbonyl (C=O) groups is 1. The summed E-state index contributed by atoms with van der Waals surface area (Å²) in [5.41, 5.74) is 4.40. The monoisotopic (exact) mass is 236 g/mol. The lowest BCUT2D eigenvalue weighted by Crippen LogP contribution is -2.03. The van der Waals surface area contributed by atoms with Gasteiger partial charge >= 0.3 is 0 Å². The molecule has 0 aliphatic heterocycles. The Balaban J connectivity index is 3.68. The second-order valence-electron chi connectivity index (χ2n) is 3.89. The predicted molar refractivity (Wildman–Crippen MR) is 65.4 cm³/mol. The average Bonchev–Trinajstić information content (AvgIpc) is 2.21. The molecule has 0 spiro atoms. The number of hydrogen-bond acceptors (Lipinski definition) is 2. The summed E-state index contributed by atoms with van der Waals surface area (Å²) in [5, 5.41) is -0.758. The number of aryl methyl sites for hydroxylation is 2.